The Bertz CT molecular complexity index is 386. The molecule has 0 aliphatic carbocycles. The standard InChI is InChI=1S/C15H22BrN/c1-11-8-15(9-12(2)14(11)4)6-7-17(5)13(3)10-16/h8-9H,3,6-7,10H2,1-2,4-5H3. The van der Waals surface area contributed by atoms with E-state index in [1.165, 1.54) is 22.3 Å². The van der Waals surface area contributed by atoms with E-state index in [0.717, 1.165) is 24.0 Å². The van der Waals surface area contributed by atoms with Crippen LogP contribution in [0.4, 0.5) is 0 Å². The molecular formula is C15H22BrN. The summed E-state index contributed by atoms with van der Waals surface area (Å²) in [6.45, 7) is 11.6. The Balaban J connectivity index is 2.67. The second-order valence-electron chi connectivity index (χ2n) is 4.73. The topological polar surface area (TPSA) is 3.24 Å². The summed E-state index contributed by atoms with van der Waals surface area (Å²) >= 11 is 3.43. The highest BCUT2D eigenvalue weighted by molar-refractivity contribution is 9.09. The Morgan fingerprint density at radius 1 is 1.24 bits per heavy atom. The van der Waals surface area contributed by atoms with Gasteiger partial charge in [-0.15, -0.1) is 0 Å². The third-order valence-corrected chi connectivity index (χ3v) is 4.06. The molecule has 0 aromatic heterocycles. The monoisotopic (exact) mass is 295 g/mol. The van der Waals surface area contributed by atoms with Gasteiger partial charge in [-0.3, -0.25) is 0 Å². The van der Waals surface area contributed by atoms with Crippen molar-refractivity contribution in [3.05, 3.63) is 46.7 Å². The van der Waals surface area contributed by atoms with Crippen LogP contribution in [0.5, 0.6) is 0 Å². The van der Waals surface area contributed by atoms with Crippen molar-refractivity contribution in [3.8, 4) is 0 Å². The molecule has 0 aliphatic rings. The van der Waals surface area contributed by atoms with Crippen LogP contribution in [0.15, 0.2) is 24.4 Å². The summed E-state index contributed by atoms with van der Waals surface area (Å²) in [5.41, 5.74) is 6.74. The number of hydrogen-bond donors (Lipinski definition) is 0. The maximum Gasteiger partial charge on any atom is 0.0426 e. The quantitative estimate of drug-likeness (QED) is 0.743. The first-order valence-electron chi connectivity index (χ1n) is 5.97. The molecule has 94 valence electrons. The Kier molecular flexibility index (Phi) is 5.26. The molecule has 17 heavy (non-hydrogen) atoms. The first-order chi connectivity index (χ1) is 7.95. The molecule has 1 rings (SSSR count). The van der Waals surface area contributed by atoms with Crippen LogP contribution < -0.4 is 0 Å². The lowest BCUT2D eigenvalue weighted by Gasteiger charge is -2.20. The predicted molar refractivity (Wildman–Crippen MR) is 79.9 cm³/mol. The van der Waals surface area contributed by atoms with E-state index in [0.29, 0.717) is 0 Å². The lowest BCUT2D eigenvalue weighted by Crippen LogP contribution is -2.20. The lowest BCUT2D eigenvalue weighted by molar-refractivity contribution is 0.427. The Morgan fingerprint density at radius 3 is 2.24 bits per heavy atom. The van der Waals surface area contributed by atoms with Crippen molar-refractivity contribution < 1.29 is 0 Å². The van der Waals surface area contributed by atoms with Gasteiger partial charge in [0.25, 0.3) is 0 Å². The highest BCUT2D eigenvalue weighted by Gasteiger charge is 2.04. The summed E-state index contributed by atoms with van der Waals surface area (Å²) in [4.78, 5) is 2.21. The summed E-state index contributed by atoms with van der Waals surface area (Å²) in [6.07, 6.45) is 1.07. The number of likely N-dealkylation sites (N-methyl/N-ethyl adjacent to an activating group) is 1. The summed E-state index contributed by atoms with van der Waals surface area (Å²) in [5, 5.41) is 0.843. The minimum absolute atomic E-state index is 0.843. The van der Waals surface area contributed by atoms with Crippen molar-refractivity contribution in [2.75, 3.05) is 18.9 Å². The molecule has 1 nitrogen and oxygen atoms in total. The number of nitrogens with zero attached hydrogens (tertiary/aromatic N) is 1. The molecule has 0 bridgehead atoms. The normalized spacial score (nSPS) is 10.4. The minimum Gasteiger partial charge on any atom is -0.377 e. The summed E-state index contributed by atoms with van der Waals surface area (Å²) in [7, 11) is 2.09. The van der Waals surface area contributed by atoms with Crippen LogP contribution >= 0.6 is 15.9 Å². The van der Waals surface area contributed by atoms with E-state index in [2.05, 4.69) is 67.4 Å². The van der Waals surface area contributed by atoms with Gasteiger partial charge in [-0.25, -0.2) is 0 Å². The van der Waals surface area contributed by atoms with E-state index >= 15 is 0 Å². The van der Waals surface area contributed by atoms with Crippen molar-refractivity contribution in [3.63, 3.8) is 0 Å². The molecule has 0 amide bonds. The van der Waals surface area contributed by atoms with Crippen LogP contribution in [0.1, 0.15) is 22.3 Å². The maximum atomic E-state index is 4.01. The van der Waals surface area contributed by atoms with E-state index in [1.807, 2.05) is 0 Å². The fourth-order valence-electron chi connectivity index (χ4n) is 1.83. The number of allylic oxidation sites excluding steroid dienone is 1. The van der Waals surface area contributed by atoms with Crippen LogP contribution in [-0.2, 0) is 6.42 Å². The van der Waals surface area contributed by atoms with Crippen molar-refractivity contribution in [2.24, 2.45) is 0 Å². The van der Waals surface area contributed by atoms with Crippen LogP contribution in [0, 0.1) is 20.8 Å². The minimum atomic E-state index is 0.843. The summed E-state index contributed by atoms with van der Waals surface area (Å²) < 4.78 is 0. The van der Waals surface area contributed by atoms with Crippen molar-refractivity contribution in [1.29, 1.82) is 0 Å². The average molecular weight is 296 g/mol. The molecule has 0 aliphatic heterocycles. The van der Waals surface area contributed by atoms with Gasteiger partial charge in [0, 0.05) is 24.6 Å². The zero-order valence-electron chi connectivity index (χ0n) is 11.3. The van der Waals surface area contributed by atoms with Crippen LogP contribution in [-0.4, -0.2) is 23.8 Å². The average Bonchev–Trinajstić information content (AvgIpc) is 2.31. The van der Waals surface area contributed by atoms with Crippen molar-refractivity contribution in [2.45, 2.75) is 27.2 Å². The Labute approximate surface area is 114 Å². The molecule has 1 aromatic carbocycles. The Hall–Kier alpha value is -0.760. The number of halogens is 1. The molecule has 1 aromatic rings. The second kappa shape index (κ2) is 6.25. The third kappa shape index (κ3) is 3.88. The highest BCUT2D eigenvalue weighted by atomic mass is 79.9. The third-order valence-electron chi connectivity index (χ3n) is 3.42. The predicted octanol–water partition coefficient (Wildman–Crippen LogP) is 3.99. The molecular weight excluding hydrogens is 274 g/mol. The molecule has 0 N–H and O–H groups in total. The second-order valence-corrected chi connectivity index (χ2v) is 5.29. The zero-order chi connectivity index (χ0) is 13.0. The summed E-state index contributed by atoms with van der Waals surface area (Å²) in [5.74, 6) is 0. The lowest BCUT2D eigenvalue weighted by atomic mass is 9.99. The molecule has 0 spiro atoms. The van der Waals surface area contributed by atoms with Gasteiger partial charge in [0.05, 0.1) is 0 Å². The molecule has 0 atom stereocenters. The van der Waals surface area contributed by atoms with Gasteiger partial charge >= 0.3 is 0 Å². The van der Waals surface area contributed by atoms with E-state index in [4.69, 9.17) is 0 Å². The number of hydrogen-bond acceptors (Lipinski definition) is 1. The molecule has 0 heterocycles. The maximum absolute atomic E-state index is 4.01. The molecule has 0 saturated carbocycles. The number of aryl methyl sites for hydroxylation is 2. The first kappa shape index (κ1) is 14.3. The van der Waals surface area contributed by atoms with Gasteiger partial charge < -0.3 is 4.90 Å². The molecule has 0 fully saturated rings. The molecule has 0 saturated heterocycles. The van der Waals surface area contributed by atoms with Crippen LogP contribution in [0.25, 0.3) is 0 Å². The van der Waals surface area contributed by atoms with Gasteiger partial charge in [0.2, 0.25) is 0 Å². The van der Waals surface area contributed by atoms with Crippen molar-refractivity contribution >= 4 is 15.9 Å². The van der Waals surface area contributed by atoms with Gasteiger partial charge in [-0.1, -0.05) is 34.6 Å². The van der Waals surface area contributed by atoms with Gasteiger partial charge in [-0.2, -0.15) is 0 Å². The smallest absolute Gasteiger partial charge is 0.0426 e. The van der Waals surface area contributed by atoms with E-state index < -0.39 is 0 Å². The number of rotatable bonds is 5. The van der Waals surface area contributed by atoms with E-state index in [1.54, 1.807) is 0 Å². The van der Waals surface area contributed by atoms with Gasteiger partial charge in [-0.05, 0) is 49.4 Å². The van der Waals surface area contributed by atoms with E-state index in [-0.39, 0.29) is 0 Å². The first-order valence-corrected chi connectivity index (χ1v) is 7.09. The molecule has 2 heteroatoms. The van der Waals surface area contributed by atoms with Crippen LogP contribution in [0.2, 0.25) is 0 Å². The number of alkyl halides is 1. The number of benzene rings is 1. The van der Waals surface area contributed by atoms with Gasteiger partial charge in [0.15, 0.2) is 0 Å². The van der Waals surface area contributed by atoms with Gasteiger partial charge in [0.1, 0.15) is 0 Å². The molecule has 0 unspecified atom stereocenters. The van der Waals surface area contributed by atoms with Crippen LogP contribution in [0.3, 0.4) is 0 Å². The highest BCUT2D eigenvalue weighted by Crippen LogP contribution is 2.16. The molecule has 0 radical (unpaired) electrons. The van der Waals surface area contributed by atoms with E-state index in [9.17, 15) is 0 Å². The Morgan fingerprint density at radius 2 is 1.76 bits per heavy atom. The fraction of sp³-hybridized carbons (Fsp3) is 0.467. The SMILES string of the molecule is C=C(CBr)N(C)CCc1cc(C)c(C)c(C)c1. The summed E-state index contributed by atoms with van der Waals surface area (Å²) in [6, 6.07) is 4.60. The fourth-order valence-corrected chi connectivity index (χ4v) is 2.25. The zero-order valence-corrected chi connectivity index (χ0v) is 12.9. The van der Waals surface area contributed by atoms with Crippen molar-refractivity contribution in [1.82, 2.24) is 4.90 Å². The largest absolute Gasteiger partial charge is 0.377 e.